The first-order valence-electron chi connectivity index (χ1n) is 11.3. The van der Waals surface area contributed by atoms with Crippen molar-refractivity contribution in [2.75, 3.05) is 0 Å². The first-order valence-corrected chi connectivity index (χ1v) is 17.5. The van der Waals surface area contributed by atoms with Crippen LogP contribution in [0.4, 0.5) is 0 Å². The molecule has 4 atom stereocenters. The summed E-state index contributed by atoms with van der Waals surface area (Å²) < 4.78 is 24.6. The quantitative estimate of drug-likeness (QED) is 0.279. The second-order valence-corrected chi connectivity index (χ2v) is 21.4. The Kier molecular flexibility index (Phi) is 8.16. The van der Waals surface area contributed by atoms with Gasteiger partial charge in [0.15, 0.2) is 16.6 Å². The minimum Gasteiger partial charge on any atom is -0.435 e. The van der Waals surface area contributed by atoms with Gasteiger partial charge in [-0.1, -0.05) is 65.2 Å². The van der Waals surface area contributed by atoms with E-state index in [1.165, 1.54) is 0 Å². The fraction of sp³-hybridized carbons (Fsp3) is 0.792. The van der Waals surface area contributed by atoms with Crippen LogP contribution in [-0.4, -0.2) is 46.3 Å². The van der Waals surface area contributed by atoms with E-state index < -0.39 is 28.8 Å². The standard InChI is InChI=1S/C24H40O4SSi2/c1-23(2,3)30(7,8)27-18-12-11-13-19(28-31(9,10)24(4,5)6)15-17-21-20(16-14-18)25-22(29)26-21/h18-21H,11-13H2,1-10H3. The maximum Gasteiger partial charge on any atom is 0.355 e. The van der Waals surface area contributed by atoms with Crippen LogP contribution in [0.2, 0.25) is 36.3 Å². The molecule has 7 heteroatoms. The molecule has 4 nitrogen and oxygen atoms in total. The second kappa shape index (κ2) is 9.57. The molecule has 1 aliphatic heterocycles. The van der Waals surface area contributed by atoms with Gasteiger partial charge in [-0.2, -0.15) is 0 Å². The molecule has 1 fully saturated rings. The molecule has 0 aromatic carbocycles. The van der Waals surface area contributed by atoms with Gasteiger partial charge in [-0.05, 0) is 55.5 Å². The van der Waals surface area contributed by atoms with Gasteiger partial charge in [0.25, 0.3) is 0 Å². The van der Waals surface area contributed by atoms with E-state index in [1.54, 1.807) is 0 Å². The Morgan fingerprint density at radius 1 is 0.742 bits per heavy atom. The van der Waals surface area contributed by atoms with Crippen molar-refractivity contribution in [3.63, 3.8) is 0 Å². The van der Waals surface area contributed by atoms with Gasteiger partial charge >= 0.3 is 5.24 Å². The lowest BCUT2D eigenvalue weighted by Gasteiger charge is -2.39. The van der Waals surface area contributed by atoms with Crippen molar-refractivity contribution in [3.8, 4) is 23.7 Å². The summed E-state index contributed by atoms with van der Waals surface area (Å²) in [4.78, 5) is 0. The average molecular weight is 481 g/mol. The summed E-state index contributed by atoms with van der Waals surface area (Å²) in [5.41, 5.74) is 0. The third-order valence-electron chi connectivity index (χ3n) is 6.91. The molecule has 2 rings (SSSR count). The maximum atomic E-state index is 6.64. The van der Waals surface area contributed by atoms with Crippen LogP contribution < -0.4 is 0 Å². The minimum absolute atomic E-state index is 0.111. The zero-order valence-electron chi connectivity index (χ0n) is 21.0. The third kappa shape index (κ3) is 7.07. The molecule has 174 valence electrons. The molecule has 1 aliphatic carbocycles. The Morgan fingerprint density at radius 2 is 1.10 bits per heavy atom. The zero-order chi connectivity index (χ0) is 23.7. The maximum absolute atomic E-state index is 6.64. The van der Waals surface area contributed by atoms with E-state index in [1.807, 2.05) is 0 Å². The molecule has 2 aliphatic rings. The molecule has 0 radical (unpaired) electrons. The Bertz CT molecular complexity index is 723. The molecule has 1 heterocycles. The van der Waals surface area contributed by atoms with Crippen molar-refractivity contribution in [1.29, 1.82) is 0 Å². The number of hydrogen-bond acceptors (Lipinski definition) is 5. The second-order valence-electron chi connectivity index (χ2n) is 11.6. The minimum atomic E-state index is -1.96. The molecule has 4 unspecified atom stereocenters. The van der Waals surface area contributed by atoms with Crippen LogP contribution in [0.1, 0.15) is 60.8 Å². The first kappa shape index (κ1) is 26.4. The largest absolute Gasteiger partial charge is 0.435 e. The Morgan fingerprint density at radius 3 is 1.42 bits per heavy atom. The Hall–Kier alpha value is -0.836. The van der Waals surface area contributed by atoms with Gasteiger partial charge < -0.3 is 18.3 Å². The lowest BCUT2D eigenvalue weighted by Crippen LogP contribution is -2.44. The van der Waals surface area contributed by atoms with Crippen LogP contribution in [0.15, 0.2) is 0 Å². The van der Waals surface area contributed by atoms with Gasteiger partial charge in [0.2, 0.25) is 12.2 Å². The number of hydrogen-bond donors (Lipinski definition) is 0. The van der Waals surface area contributed by atoms with Crippen LogP contribution in [0, 0.1) is 23.7 Å². The molecular weight excluding hydrogens is 440 g/mol. The highest BCUT2D eigenvalue weighted by molar-refractivity contribution is 7.79. The Labute approximate surface area is 197 Å². The lowest BCUT2D eigenvalue weighted by atomic mass is 10.1. The van der Waals surface area contributed by atoms with Gasteiger partial charge in [-0.3, -0.25) is 0 Å². The molecule has 1 saturated heterocycles. The lowest BCUT2D eigenvalue weighted by molar-refractivity contribution is 0.194. The molecule has 31 heavy (non-hydrogen) atoms. The van der Waals surface area contributed by atoms with E-state index in [0.717, 1.165) is 19.3 Å². The van der Waals surface area contributed by atoms with E-state index in [0.29, 0.717) is 0 Å². The number of thiocarbonyl (C=S) groups is 1. The highest BCUT2D eigenvalue weighted by Crippen LogP contribution is 2.39. The summed E-state index contributed by atoms with van der Waals surface area (Å²) in [5.74, 6) is 13.0. The van der Waals surface area contributed by atoms with E-state index >= 15 is 0 Å². The van der Waals surface area contributed by atoms with E-state index in [-0.39, 0.29) is 27.5 Å². The number of rotatable bonds is 4. The molecule has 0 N–H and O–H groups in total. The van der Waals surface area contributed by atoms with Crippen LogP contribution in [0.25, 0.3) is 0 Å². The summed E-state index contributed by atoms with van der Waals surface area (Å²) in [7, 11) is -3.91. The zero-order valence-corrected chi connectivity index (χ0v) is 23.8. The van der Waals surface area contributed by atoms with Gasteiger partial charge in [0.05, 0.1) is 0 Å². The van der Waals surface area contributed by atoms with Gasteiger partial charge in [0.1, 0.15) is 12.2 Å². The monoisotopic (exact) mass is 480 g/mol. The molecule has 0 aromatic rings. The van der Waals surface area contributed by atoms with Crippen molar-refractivity contribution >= 4 is 34.1 Å². The molecule has 0 spiro atoms. The SMILES string of the molecule is CC(C)(C)[Si](C)(C)OC1C#CC2OC(=S)OC2C#CC(O[Si](C)(C)C(C)(C)C)CCC1. The summed E-state index contributed by atoms with van der Waals surface area (Å²) in [6, 6.07) is 0. The van der Waals surface area contributed by atoms with Gasteiger partial charge in [-0.15, -0.1) is 0 Å². The molecule has 0 amide bonds. The number of fused-ring (bicyclic) bond motifs is 1. The van der Waals surface area contributed by atoms with Crippen LogP contribution >= 0.6 is 12.2 Å². The highest BCUT2D eigenvalue weighted by Gasteiger charge is 2.41. The predicted octanol–water partition coefficient (Wildman–Crippen LogP) is 6.03. The normalized spacial score (nSPS) is 27.5. The van der Waals surface area contributed by atoms with Crippen molar-refractivity contribution < 1.29 is 18.3 Å². The summed E-state index contributed by atoms with van der Waals surface area (Å²) in [5, 5.41) is 0.351. The molecular formula is C24H40O4SSi2. The van der Waals surface area contributed by atoms with Gasteiger partial charge in [0, 0.05) is 12.2 Å². The van der Waals surface area contributed by atoms with Gasteiger partial charge in [-0.25, -0.2) is 0 Å². The van der Waals surface area contributed by atoms with Crippen LogP contribution in [0.3, 0.4) is 0 Å². The average Bonchev–Trinajstić information content (AvgIpc) is 2.93. The first-order chi connectivity index (χ1) is 14.0. The summed E-state index contributed by atoms with van der Waals surface area (Å²) in [6.45, 7) is 22.5. The van der Waals surface area contributed by atoms with Crippen molar-refractivity contribution in [3.05, 3.63) is 0 Å². The topological polar surface area (TPSA) is 36.9 Å². The third-order valence-corrected chi connectivity index (χ3v) is 16.1. The molecule has 0 bridgehead atoms. The fourth-order valence-electron chi connectivity index (χ4n) is 2.79. The summed E-state index contributed by atoms with van der Waals surface area (Å²) in [6.07, 6.45) is 1.37. The van der Waals surface area contributed by atoms with Crippen LogP contribution in [-0.2, 0) is 18.3 Å². The molecule has 0 saturated carbocycles. The predicted molar refractivity (Wildman–Crippen MR) is 136 cm³/mol. The van der Waals surface area contributed by atoms with E-state index in [2.05, 4.69) is 91.4 Å². The van der Waals surface area contributed by atoms with E-state index in [9.17, 15) is 0 Å². The van der Waals surface area contributed by atoms with E-state index in [4.69, 9.17) is 30.5 Å². The van der Waals surface area contributed by atoms with Crippen LogP contribution in [0.5, 0.6) is 0 Å². The van der Waals surface area contributed by atoms with Crippen molar-refractivity contribution in [1.82, 2.24) is 0 Å². The smallest absolute Gasteiger partial charge is 0.355 e. The highest BCUT2D eigenvalue weighted by atomic mass is 32.1. The summed E-state index contributed by atoms with van der Waals surface area (Å²) >= 11 is 5.12. The Balaban J connectivity index is 2.29. The molecule has 0 aromatic heterocycles. The van der Waals surface area contributed by atoms with Crippen molar-refractivity contribution in [2.45, 2.75) is 121 Å². The fourth-order valence-corrected chi connectivity index (χ4v) is 5.48. The van der Waals surface area contributed by atoms with Crippen molar-refractivity contribution in [2.24, 2.45) is 0 Å². The number of ether oxygens (including phenoxy) is 2.